The first-order chi connectivity index (χ1) is 9.56. The van der Waals surface area contributed by atoms with Crippen molar-refractivity contribution in [2.75, 3.05) is 0 Å². The maximum atomic E-state index is 10.7. The van der Waals surface area contributed by atoms with Crippen molar-refractivity contribution in [1.82, 2.24) is 0 Å². The quantitative estimate of drug-likeness (QED) is 0.415. The minimum Gasteiger partial charge on any atom is -0.545 e. The van der Waals surface area contributed by atoms with Crippen LogP contribution in [-0.4, -0.2) is 11.9 Å². The molecule has 0 saturated carbocycles. The summed E-state index contributed by atoms with van der Waals surface area (Å²) in [5.41, 5.74) is 0.631. The van der Waals surface area contributed by atoms with Crippen molar-refractivity contribution >= 4 is 23.3 Å². The van der Waals surface area contributed by atoms with E-state index in [0.717, 1.165) is 0 Å². The van der Waals surface area contributed by atoms with Gasteiger partial charge in [-0.2, -0.15) is 10.2 Å². The first-order valence-electron chi connectivity index (χ1n) is 5.61. The van der Waals surface area contributed by atoms with Crippen LogP contribution in [0, 0.1) is 0 Å². The van der Waals surface area contributed by atoms with Gasteiger partial charge in [0, 0.05) is 0 Å². The van der Waals surface area contributed by atoms with E-state index in [1.54, 1.807) is 12.1 Å². The molecule has 0 fully saturated rings. The van der Waals surface area contributed by atoms with E-state index >= 15 is 0 Å². The summed E-state index contributed by atoms with van der Waals surface area (Å²) in [4.78, 5) is 21.4. The van der Waals surface area contributed by atoms with Crippen molar-refractivity contribution in [3.8, 4) is 0 Å². The molecule has 0 aliphatic rings. The third-order valence-corrected chi connectivity index (χ3v) is 2.44. The Morgan fingerprint density at radius 3 is 1.41 bits per heavy atom. The van der Waals surface area contributed by atoms with Crippen LogP contribution in [0.2, 0.25) is 0 Å². The zero-order valence-corrected chi connectivity index (χ0v) is 16.1. The molecule has 0 heterocycles. The Hall–Kier alpha value is -1.02. The maximum Gasteiger partial charge on any atom is 1.00 e. The van der Waals surface area contributed by atoms with Gasteiger partial charge in [-0.05, 0) is 35.4 Å². The van der Waals surface area contributed by atoms with Crippen molar-refractivity contribution in [3.05, 3.63) is 59.7 Å². The van der Waals surface area contributed by atoms with Crippen LogP contribution >= 0.6 is 0 Å². The molecule has 0 saturated heterocycles. The average molecular weight is 314 g/mol. The molecule has 0 aliphatic carbocycles. The predicted octanol–water partition coefficient (Wildman–Crippen LogP) is -5.16. The van der Waals surface area contributed by atoms with Crippen molar-refractivity contribution in [2.24, 2.45) is 10.2 Å². The molecule has 0 radical (unpaired) electrons. The fraction of sp³-hybridized carbons (Fsp3) is 0. The van der Waals surface area contributed by atoms with E-state index in [1.807, 2.05) is 0 Å². The van der Waals surface area contributed by atoms with Gasteiger partial charge in [0.1, 0.15) is 0 Å². The zero-order valence-electron chi connectivity index (χ0n) is 12.1. The van der Waals surface area contributed by atoms with E-state index in [0.29, 0.717) is 11.4 Å². The topological polar surface area (TPSA) is 105 Å². The standard InChI is InChI=1S/C14H10N2O4.2Na/c17-13(18)9-3-1-5-11(7-9)15-16-12-6-2-4-10(8-12)14(19)20;;/h1-8H,(H,17,18)(H,19,20);;/q;2*+1/p-2. The summed E-state index contributed by atoms with van der Waals surface area (Å²) in [5.74, 6) is -2.61. The summed E-state index contributed by atoms with van der Waals surface area (Å²) < 4.78 is 0. The van der Waals surface area contributed by atoms with Gasteiger partial charge in [0.2, 0.25) is 0 Å². The second-order valence-corrected chi connectivity index (χ2v) is 3.88. The maximum absolute atomic E-state index is 10.7. The number of carboxylic acid groups (broad SMARTS) is 2. The van der Waals surface area contributed by atoms with Gasteiger partial charge in [-0.25, -0.2) is 0 Å². The van der Waals surface area contributed by atoms with E-state index in [2.05, 4.69) is 10.2 Å². The molecule has 0 aromatic heterocycles. The zero-order chi connectivity index (χ0) is 14.5. The van der Waals surface area contributed by atoms with Crippen molar-refractivity contribution < 1.29 is 78.9 Å². The Morgan fingerprint density at radius 2 is 1.09 bits per heavy atom. The fourth-order valence-electron chi connectivity index (χ4n) is 1.51. The molecule has 2 aromatic rings. The van der Waals surface area contributed by atoms with E-state index in [1.165, 1.54) is 36.4 Å². The van der Waals surface area contributed by atoms with Crippen LogP contribution in [0.25, 0.3) is 0 Å². The van der Waals surface area contributed by atoms with Gasteiger partial charge in [0.15, 0.2) is 0 Å². The Labute approximate surface area is 170 Å². The van der Waals surface area contributed by atoms with Crippen LogP contribution in [0.5, 0.6) is 0 Å². The number of nitrogens with zero attached hydrogens (tertiary/aromatic N) is 2. The normalized spacial score (nSPS) is 9.64. The number of benzene rings is 2. The number of aromatic carboxylic acids is 2. The second kappa shape index (κ2) is 9.89. The number of carboxylic acids is 2. The van der Waals surface area contributed by atoms with Gasteiger partial charge in [-0.3, -0.25) is 0 Å². The summed E-state index contributed by atoms with van der Waals surface area (Å²) in [6, 6.07) is 11.5. The summed E-state index contributed by atoms with van der Waals surface area (Å²) in [5, 5.41) is 29.1. The van der Waals surface area contributed by atoms with Gasteiger partial charge in [0.25, 0.3) is 0 Å². The first-order valence-corrected chi connectivity index (χ1v) is 5.61. The summed E-state index contributed by atoms with van der Waals surface area (Å²) >= 11 is 0. The third kappa shape index (κ3) is 6.00. The van der Waals surface area contributed by atoms with Crippen LogP contribution in [0.15, 0.2) is 58.8 Å². The monoisotopic (exact) mass is 314 g/mol. The number of rotatable bonds is 4. The molecule has 2 aromatic carbocycles. The number of azo groups is 1. The molecule has 0 amide bonds. The molecule has 8 heteroatoms. The first kappa shape index (κ1) is 21.0. The molecule has 100 valence electrons. The number of carbonyl (C=O) groups is 2. The smallest absolute Gasteiger partial charge is 0.545 e. The second-order valence-electron chi connectivity index (χ2n) is 3.88. The van der Waals surface area contributed by atoms with Gasteiger partial charge in [0.05, 0.1) is 23.3 Å². The minimum absolute atomic E-state index is 0. The number of carbonyl (C=O) groups excluding carboxylic acids is 2. The van der Waals surface area contributed by atoms with Crippen molar-refractivity contribution in [1.29, 1.82) is 0 Å². The molecule has 0 spiro atoms. The molecule has 0 atom stereocenters. The van der Waals surface area contributed by atoms with E-state index in [-0.39, 0.29) is 70.2 Å². The van der Waals surface area contributed by atoms with Crippen LogP contribution in [-0.2, 0) is 0 Å². The van der Waals surface area contributed by atoms with Crippen LogP contribution in [0.3, 0.4) is 0 Å². The molecular weight excluding hydrogens is 306 g/mol. The third-order valence-electron chi connectivity index (χ3n) is 2.44. The Morgan fingerprint density at radius 1 is 0.727 bits per heavy atom. The molecule has 0 bridgehead atoms. The predicted molar refractivity (Wildman–Crippen MR) is 65.7 cm³/mol. The van der Waals surface area contributed by atoms with E-state index in [4.69, 9.17) is 0 Å². The molecule has 22 heavy (non-hydrogen) atoms. The Kier molecular flexibility index (Phi) is 9.43. The Bertz CT molecular complexity index is 645. The summed E-state index contributed by atoms with van der Waals surface area (Å²) in [6.07, 6.45) is 0. The van der Waals surface area contributed by atoms with E-state index in [9.17, 15) is 19.8 Å². The molecule has 0 aliphatic heterocycles. The summed E-state index contributed by atoms with van der Waals surface area (Å²) in [7, 11) is 0. The van der Waals surface area contributed by atoms with E-state index < -0.39 is 11.9 Å². The van der Waals surface area contributed by atoms with Crippen LogP contribution in [0.1, 0.15) is 20.7 Å². The van der Waals surface area contributed by atoms with Gasteiger partial charge in [-0.15, -0.1) is 0 Å². The van der Waals surface area contributed by atoms with Gasteiger partial charge < -0.3 is 19.8 Å². The minimum atomic E-state index is -1.30. The van der Waals surface area contributed by atoms with Gasteiger partial charge in [-0.1, -0.05) is 24.3 Å². The molecule has 0 unspecified atom stereocenters. The molecular formula is C14H8N2Na2O4. The largest absolute Gasteiger partial charge is 1.00 e. The molecule has 0 N–H and O–H groups in total. The number of hydrogen-bond acceptors (Lipinski definition) is 6. The van der Waals surface area contributed by atoms with Crippen molar-refractivity contribution in [2.45, 2.75) is 0 Å². The average Bonchev–Trinajstić information content (AvgIpc) is 2.45. The molecule has 6 nitrogen and oxygen atoms in total. The van der Waals surface area contributed by atoms with Gasteiger partial charge >= 0.3 is 59.1 Å². The number of hydrogen-bond donors (Lipinski definition) is 0. The Balaban J connectivity index is 0.00000220. The van der Waals surface area contributed by atoms with Crippen LogP contribution in [0.4, 0.5) is 11.4 Å². The van der Waals surface area contributed by atoms with Crippen LogP contribution < -0.4 is 69.3 Å². The fourth-order valence-corrected chi connectivity index (χ4v) is 1.51. The summed E-state index contributed by atoms with van der Waals surface area (Å²) in [6.45, 7) is 0. The molecule has 2 rings (SSSR count). The van der Waals surface area contributed by atoms with Crippen molar-refractivity contribution in [3.63, 3.8) is 0 Å². The SMILES string of the molecule is O=C([O-])c1cccc(N=Nc2cccc(C(=O)[O-])c2)c1.[Na+].[Na+].